The molecule has 0 spiro atoms. The topological polar surface area (TPSA) is 44.8 Å². The van der Waals surface area contributed by atoms with Crippen LogP contribution in [0.1, 0.15) is 40.2 Å². The van der Waals surface area contributed by atoms with Gasteiger partial charge in [-0.3, -0.25) is 0 Å². The molecule has 0 aliphatic carbocycles. The van der Waals surface area contributed by atoms with Crippen LogP contribution in [0.3, 0.4) is 0 Å². The zero-order chi connectivity index (χ0) is 26.9. The molecule has 0 unspecified atom stereocenters. The Morgan fingerprint density at radius 2 is 1.43 bits per heavy atom. The van der Waals surface area contributed by atoms with Gasteiger partial charge in [0.2, 0.25) is 0 Å². The molecule has 0 amide bonds. The molecule has 37 heavy (non-hydrogen) atoms. The predicted octanol–water partition coefficient (Wildman–Crippen LogP) is 5.94. The molecule has 3 rings (SSSR count). The van der Waals surface area contributed by atoms with E-state index in [0.29, 0.717) is 13.2 Å². The first-order chi connectivity index (χ1) is 17.7. The molecule has 4 nitrogen and oxygen atoms in total. The molecule has 0 saturated heterocycles. The van der Waals surface area contributed by atoms with E-state index in [0.717, 1.165) is 23.2 Å². The van der Waals surface area contributed by atoms with E-state index >= 15 is 0 Å². The maximum Gasteiger partial charge on any atom is 0.261 e. The van der Waals surface area contributed by atoms with Crippen molar-refractivity contribution in [3.05, 3.63) is 102 Å². The zero-order valence-corrected chi connectivity index (χ0v) is 23.9. The van der Waals surface area contributed by atoms with Gasteiger partial charge in [0.05, 0.1) is 26.4 Å². The lowest BCUT2D eigenvalue weighted by molar-refractivity contribution is -0.114. The van der Waals surface area contributed by atoms with Crippen LogP contribution < -0.4 is 15.1 Å². The second-order valence-corrected chi connectivity index (χ2v) is 14.8. The predicted molar refractivity (Wildman–Crippen MR) is 154 cm³/mol. The van der Waals surface area contributed by atoms with Crippen LogP contribution in [0.2, 0.25) is 5.04 Å². The second kappa shape index (κ2) is 13.0. The van der Waals surface area contributed by atoms with Crippen LogP contribution in [0.15, 0.2) is 96.6 Å². The summed E-state index contributed by atoms with van der Waals surface area (Å²) in [5.74, 6) is 0.528. The fourth-order valence-electron chi connectivity index (χ4n) is 4.85. The van der Waals surface area contributed by atoms with Gasteiger partial charge in [-0.1, -0.05) is 107 Å². The molecular weight excluding hydrogens is 476 g/mol. The summed E-state index contributed by atoms with van der Waals surface area (Å²) in [6.45, 7) is 11.6. The third kappa shape index (κ3) is 6.86. The maximum absolute atomic E-state index is 11.7. The molecule has 2 atom stereocenters. The lowest BCUT2D eigenvalue weighted by Gasteiger charge is -2.42. The van der Waals surface area contributed by atoms with Crippen molar-refractivity contribution in [2.75, 3.05) is 13.7 Å². The van der Waals surface area contributed by atoms with Gasteiger partial charge in [0.25, 0.3) is 8.32 Å². The SMILES string of the molecule is COc1ccc(CO[C@@H](/C(C)=C/CO[Si](c2ccccc2)(c2ccccc2)C(C)(C)C)[C@@H](C)C=O)cc1. The van der Waals surface area contributed by atoms with Gasteiger partial charge < -0.3 is 18.7 Å². The van der Waals surface area contributed by atoms with Crippen molar-refractivity contribution in [3.63, 3.8) is 0 Å². The van der Waals surface area contributed by atoms with Crippen LogP contribution in [-0.2, 0) is 20.6 Å². The van der Waals surface area contributed by atoms with Gasteiger partial charge in [0.1, 0.15) is 12.0 Å². The minimum Gasteiger partial charge on any atom is -0.497 e. The smallest absolute Gasteiger partial charge is 0.261 e. The third-order valence-corrected chi connectivity index (χ3v) is 11.9. The number of ether oxygens (including phenoxy) is 2. The summed E-state index contributed by atoms with van der Waals surface area (Å²) in [5, 5.41) is 2.39. The van der Waals surface area contributed by atoms with Crippen LogP contribution >= 0.6 is 0 Å². The molecule has 0 saturated carbocycles. The first-order valence-corrected chi connectivity index (χ1v) is 14.7. The van der Waals surface area contributed by atoms with Gasteiger partial charge in [0.15, 0.2) is 0 Å². The Labute approximate surface area is 223 Å². The lowest BCUT2D eigenvalue weighted by atomic mass is 9.99. The van der Waals surface area contributed by atoms with E-state index in [1.807, 2.05) is 50.2 Å². The van der Waals surface area contributed by atoms with Crippen LogP contribution in [0, 0.1) is 5.92 Å². The van der Waals surface area contributed by atoms with E-state index in [4.69, 9.17) is 13.9 Å². The Morgan fingerprint density at radius 3 is 1.89 bits per heavy atom. The van der Waals surface area contributed by atoms with E-state index in [-0.39, 0.29) is 17.1 Å². The highest BCUT2D eigenvalue weighted by molar-refractivity contribution is 6.99. The fourth-order valence-corrected chi connectivity index (χ4v) is 9.34. The van der Waals surface area contributed by atoms with Gasteiger partial charge in [-0.15, -0.1) is 0 Å². The Morgan fingerprint density at radius 1 is 0.892 bits per heavy atom. The Balaban J connectivity index is 1.86. The summed E-state index contributed by atoms with van der Waals surface area (Å²) in [5.41, 5.74) is 2.02. The van der Waals surface area contributed by atoms with Crippen molar-refractivity contribution >= 4 is 25.0 Å². The second-order valence-electron chi connectivity index (χ2n) is 10.5. The normalized spacial score (nSPS) is 14.2. The van der Waals surface area contributed by atoms with Gasteiger partial charge in [-0.05, 0) is 45.6 Å². The van der Waals surface area contributed by atoms with Gasteiger partial charge in [-0.2, -0.15) is 0 Å². The number of aldehydes is 1. The molecule has 5 heteroatoms. The van der Waals surface area contributed by atoms with Crippen LogP contribution in [0.4, 0.5) is 0 Å². The minimum atomic E-state index is -2.63. The summed E-state index contributed by atoms with van der Waals surface area (Å²) < 4.78 is 18.5. The van der Waals surface area contributed by atoms with Crippen LogP contribution in [-0.4, -0.2) is 34.4 Å². The number of carbonyl (C=O) groups excluding carboxylic acids is 1. The molecule has 0 N–H and O–H groups in total. The quantitative estimate of drug-likeness (QED) is 0.170. The van der Waals surface area contributed by atoms with Gasteiger partial charge in [0, 0.05) is 5.92 Å². The van der Waals surface area contributed by atoms with Crippen molar-refractivity contribution in [3.8, 4) is 5.75 Å². The van der Waals surface area contributed by atoms with E-state index in [9.17, 15) is 4.79 Å². The summed E-state index contributed by atoms with van der Waals surface area (Å²) >= 11 is 0. The molecule has 0 radical (unpaired) electrons. The van der Waals surface area contributed by atoms with Crippen molar-refractivity contribution < 1.29 is 18.7 Å². The first kappa shape index (κ1) is 28.6. The highest BCUT2D eigenvalue weighted by Crippen LogP contribution is 2.36. The molecule has 0 heterocycles. The average Bonchev–Trinajstić information content (AvgIpc) is 2.91. The largest absolute Gasteiger partial charge is 0.497 e. The highest BCUT2D eigenvalue weighted by Gasteiger charge is 2.49. The summed E-state index contributed by atoms with van der Waals surface area (Å²) in [6, 6.07) is 29.0. The van der Waals surface area contributed by atoms with Crippen molar-refractivity contribution in [2.45, 2.75) is 52.4 Å². The average molecular weight is 517 g/mol. The molecule has 0 fully saturated rings. The molecule has 3 aromatic rings. The third-order valence-electron chi connectivity index (χ3n) is 6.85. The number of rotatable bonds is 12. The Bertz CT molecular complexity index is 1100. The molecule has 0 bridgehead atoms. The number of hydrogen-bond acceptors (Lipinski definition) is 4. The molecule has 0 aliphatic heterocycles. The maximum atomic E-state index is 11.7. The molecular formula is C32H40O4Si. The summed E-state index contributed by atoms with van der Waals surface area (Å²) in [4.78, 5) is 11.7. The van der Waals surface area contributed by atoms with E-state index in [1.54, 1.807) is 7.11 Å². The van der Waals surface area contributed by atoms with Crippen molar-refractivity contribution in [1.82, 2.24) is 0 Å². The monoisotopic (exact) mass is 516 g/mol. The van der Waals surface area contributed by atoms with E-state index in [1.165, 1.54) is 10.4 Å². The van der Waals surface area contributed by atoms with Gasteiger partial charge in [-0.25, -0.2) is 0 Å². The van der Waals surface area contributed by atoms with Crippen LogP contribution in [0.5, 0.6) is 5.75 Å². The first-order valence-electron chi connectivity index (χ1n) is 12.8. The van der Waals surface area contributed by atoms with Crippen molar-refractivity contribution in [1.29, 1.82) is 0 Å². The summed E-state index contributed by atoms with van der Waals surface area (Å²) in [6.07, 6.45) is 2.71. The summed E-state index contributed by atoms with van der Waals surface area (Å²) in [7, 11) is -0.984. The van der Waals surface area contributed by atoms with Crippen LogP contribution in [0.25, 0.3) is 0 Å². The molecule has 196 valence electrons. The number of methoxy groups -OCH3 is 1. The van der Waals surface area contributed by atoms with E-state index in [2.05, 4.69) is 75.4 Å². The van der Waals surface area contributed by atoms with E-state index < -0.39 is 8.32 Å². The molecule has 3 aromatic carbocycles. The Hall–Kier alpha value is -2.99. The minimum absolute atomic E-state index is 0.0994. The number of carbonyl (C=O) groups is 1. The zero-order valence-electron chi connectivity index (χ0n) is 22.9. The highest BCUT2D eigenvalue weighted by atomic mass is 28.4. The number of hydrogen-bond donors (Lipinski definition) is 0. The number of benzene rings is 3. The fraction of sp³-hybridized carbons (Fsp3) is 0.344. The standard InChI is InChI=1S/C32H40O4Si/c1-25(31(26(2)23-33)35-24-27-17-19-28(34-6)20-18-27)21-22-36-37(32(3,4)5,29-13-9-7-10-14-29)30-15-11-8-12-16-30/h7-21,23,26,31H,22,24H2,1-6H3/b25-21+/t26-,31-/m0/s1. The van der Waals surface area contributed by atoms with Crippen molar-refractivity contribution in [2.24, 2.45) is 5.92 Å². The molecule has 0 aromatic heterocycles. The van der Waals surface area contributed by atoms with Gasteiger partial charge >= 0.3 is 0 Å². The molecule has 0 aliphatic rings. The Kier molecular flexibility index (Phi) is 10.0. The lowest BCUT2D eigenvalue weighted by Crippen LogP contribution is -2.66.